The van der Waals surface area contributed by atoms with Crippen molar-refractivity contribution in [3.63, 3.8) is 0 Å². The second kappa shape index (κ2) is 3.52. The van der Waals surface area contributed by atoms with Crippen molar-refractivity contribution in [3.8, 4) is 0 Å². The Kier molecular flexibility index (Phi) is 2.54. The molecule has 13 heavy (non-hydrogen) atoms. The van der Waals surface area contributed by atoms with E-state index in [0.717, 1.165) is 31.8 Å². The standard InChI is InChI=1S/C10H17F2N/c11-10(12)3-1-8(2-4-10)5-9-6-13-7-9/h8-9,13H,1-7H2. The first-order valence-electron chi connectivity index (χ1n) is 5.24. The summed E-state index contributed by atoms with van der Waals surface area (Å²) in [5, 5.41) is 3.22. The predicted octanol–water partition coefficient (Wildman–Crippen LogP) is 2.42. The summed E-state index contributed by atoms with van der Waals surface area (Å²) < 4.78 is 25.6. The lowest BCUT2D eigenvalue weighted by molar-refractivity contribution is -0.0486. The van der Waals surface area contributed by atoms with Gasteiger partial charge in [-0.25, -0.2) is 8.78 Å². The largest absolute Gasteiger partial charge is 0.316 e. The zero-order valence-electron chi connectivity index (χ0n) is 7.86. The van der Waals surface area contributed by atoms with Gasteiger partial charge >= 0.3 is 0 Å². The van der Waals surface area contributed by atoms with Gasteiger partial charge in [-0.2, -0.15) is 0 Å². The summed E-state index contributed by atoms with van der Waals surface area (Å²) >= 11 is 0. The van der Waals surface area contributed by atoms with E-state index in [1.54, 1.807) is 0 Å². The van der Waals surface area contributed by atoms with Crippen LogP contribution >= 0.6 is 0 Å². The Morgan fingerprint density at radius 1 is 1.08 bits per heavy atom. The molecule has 0 bridgehead atoms. The summed E-state index contributed by atoms with van der Waals surface area (Å²) in [7, 11) is 0. The molecule has 1 aliphatic carbocycles. The molecule has 1 saturated heterocycles. The van der Waals surface area contributed by atoms with E-state index in [2.05, 4.69) is 5.32 Å². The summed E-state index contributed by atoms with van der Waals surface area (Å²) in [5.74, 6) is -1.00. The van der Waals surface area contributed by atoms with Crippen molar-refractivity contribution in [2.75, 3.05) is 13.1 Å². The quantitative estimate of drug-likeness (QED) is 0.703. The molecule has 0 spiro atoms. The number of nitrogens with one attached hydrogen (secondary N) is 1. The van der Waals surface area contributed by atoms with Crippen LogP contribution in [0, 0.1) is 11.8 Å². The van der Waals surface area contributed by atoms with Crippen molar-refractivity contribution in [1.82, 2.24) is 5.32 Å². The molecule has 3 heteroatoms. The van der Waals surface area contributed by atoms with Gasteiger partial charge in [0.25, 0.3) is 0 Å². The zero-order valence-corrected chi connectivity index (χ0v) is 7.86. The Morgan fingerprint density at radius 2 is 1.69 bits per heavy atom. The normalized spacial score (nSPS) is 30.0. The molecular weight excluding hydrogens is 172 g/mol. The third-order valence-corrected chi connectivity index (χ3v) is 3.37. The Morgan fingerprint density at radius 3 is 2.15 bits per heavy atom. The van der Waals surface area contributed by atoms with E-state index in [9.17, 15) is 8.78 Å². The molecule has 0 aromatic rings. The lowest BCUT2D eigenvalue weighted by Crippen LogP contribution is -2.43. The Hall–Kier alpha value is -0.180. The van der Waals surface area contributed by atoms with Gasteiger partial charge < -0.3 is 5.32 Å². The third kappa shape index (κ3) is 2.39. The second-order valence-corrected chi connectivity index (χ2v) is 4.56. The topological polar surface area (TPSA) is 12.0 Å². The Balaban J connectivity index is 1.71. The van der Waals surface area contributed by atoms with Crippen molar-refractivity contribution < 1.29 is 8.78 Å². The molecule has 1 aliphatic heterocycles. The van der Waals surface area contributed by atoms with Crippen molar-refractivity contribution in [2.45, 2.75) is 38.0 Å². The fourth-order valence-corrected chi connectivity index (χ4v) is 2.32. The summed E-state index contributed by atoms with van der Waals surface area (Å²) in [6, 6.07) is 0. The van der Waals surface area contributed by atoms with Crippen LogP contribution in [-0.4, -0.2) is 19.0 Å². The predicted molar refractivity (Wildman–Crippen MR) is 47.9 cm³/mol. The smallest absolute Gasteiger partial charge is 0.248 e. The van der Waals surface area contributed by atoms with Crippen LogP contribution in [0.25, 0.3) is 0 Å². The minimum Gasteiger partial charge on any atom is -0.316 e. The lowest BCUT2D eigenvalue weighted by Gasteiger charge is -2.34. The van der Waals surface area contributed by atoms with Gasteiger partial charge in [0.2, 0.25) is 5.92 Å². The minimum absolute atomic E-state index is 0.123. The number of hydrogen-bond donors (Lipinski definition) is 1. The van der Waals surface area contributed by atoms with E-state index in [1.807, 2.05) is 0 Å². The van der Waals surface area contributed by atoms with Crippen LogP contribution in [-0.2, 0) is 0 Å². The van der Waals surface area contributed by atoms with Crippen molar-refractivity contribution >= 4 is 0 Å². The first kappa shape index (κ1) is 9.38. The molecule has 0 unspecified atom stereocenters. The van der Waals surface area contributed by atoms with Gasteiger partial charge in [0.1, 0.15) is 0 Å². The van der Waals surface area contributed by atoms with Crippen LogP contribution in [0.2, 0.25) is 0 Å². The van der Waals surface area contributed by atoms with Gasteiger partial charge in [-0.1, -0.05) is 0 Å². The summed E-state index contributed by atoms with van der Waals surface area (Å²) in [6.45, 7) is 2.21. The molecule has 0 aromatic heterocycles. The van der Waals surface area contributed by atoms with Gasteiger partial charge in [-0.3, -0.25) is 0 Å². The Bertz CT molecular complexity index is 168. The maximum atomic E-state index is 12.8. The molecule has 0 aromatic carbocycles. The van der Waals surface area contributed by atoms with Crippen molar-refractivity contribution in [1.29, 1.82) is 0 Å². The number of hydrogen-bond acceptors (Lipinski definition) is 1. The third-order valence-electron chi connectivity index (χ3n) is 3.37. The van der Waals surface area contributed by atoms with E-state index in [4.69, 9.17) is 0 Å². The molecule has 0 radical (unpaired) electrons. The Labute approximate surface area is 77.9 Å². The van der Waals surface area contributed by atoms with E-state index in [1.165, 1.54) is 6.42 Å². The number of rotatable bonds is 2. The molecule has 2 fully saturated rings. The van der Waals surface area contributed by atoms with Crippen molar-refractivity contribution in [2.24, 2.45) is 11.8 Å². The minimum atomic E-state index is -2.35. The molecule has 0 atom stereocenters. The van der Waals surface area contributed by atoms with Crippen LogP contribution in [0.4, 0.5) is 8.78 Å². The highest BCUT2D eigenvalue weighted by atomic mass is 19.3. The highest BCUT2D eigenvalue weighted by molar-refractivity contribution is 4.82. The van der Waals surface area contributed by atoms with Crippen LogP contribution in [0.15, 0.2) is 0 Å². The van der Waals surface area contributed by atoms with E-state index < -0.39 is 5.92 Å². The van der Waals surface area contributed by atoms with Crippen LogP contribution < -0.4 is 5.32 Å². The fraction of sp³-hybridized carbons (Fsp3) is 1.00. The highest BCUT2D eigenvalue weighted by Gasteiger charge is 2.35. The molecule has 2 rings (SSSR count). The van der Waals surface area contributed by atoms with Crippen molar-refractivity contribution in [3.05, 3.63) is 0 Å². The highest BCUT2D eigenvalue weighted by Crippen LogP contribution is 2.38. The number of alkyl halides is 2. The first-order chi connectivity index (χ1) is 6.16. The van der Waals surface area contributed by atoms with Crippen LogP contribution in [0.1, 0.15) is 32.1 Å². The van der Waals surface area contributed by atoms with Crippen LogP contribution in [0.3, 0.4) is 0 Å². The molecular formula is C10H17F2N. The monoisotopic (exact) mass is 189 g/mol. The summed E-state index contributed by atoms with van der Waals surface area (Å²) in [6.07, 6.45) is 2.89. The van der Waals surface area contributed by atoms with Gasteiger partial charge in [-0.05, 0) is 44.2 Å². The molecule has 1 heterocycles. The van der Waals surface area contributed by atoms with E-state index in [0.29, 0.717) is 5.92 Å². The van der Waals surface area contributed by atoms with Gasteiger partial charge in [0.05, 0.1) is 0 Å². The maximum absolute atomic E-state index is 12.8. The average molecular weight is 189 g/mol. The second-order valence-electron chi connectivity index (χ2n) is 4.56. The fourth-order valence-electron chi connectivity index (χ4n) is 2.32. The van der Waals surface area contributed by atoms with Gasteiger partial charge in [0, 0.05) is 12.8 Å². The molecule has 1 N–H and O–H groups in total. The lowest BCUT2D eigenvalue weighted by atomic mass is 9.80. The first-order valence-corrected chi connectivity index (χ1v) is 5.24. The van der Waals surface area contributed by atoms with Gasteiger partial charge in [0.15, 0.2) is 0 Å². The van der Waals surface area contributed by atoms with Gasteiger partial charge in [-0.15, -0.1) is 0 Å². The molecule has 1 nitrogen and oxygen atoms in total. The average Bonchev–Trinajstić information content (AvgIpc) is 1.99. The molecule has 76 valence electrons. The summed E-state index contributed by atoms with van der Waals surface area (Å²) in [5.41, 5.74) is 0. The maximum Gasteiger partial charge on any atom is 0.248 e. The number of halogens is 2. The molecule has 1 saturated carbocycles. The van der Waals surface area contributed by atoms with E-state index >= 15 is 0 Å². The SMILES string of the molecule is FC1(F)CCC(CC2CNC2)CC1. The molecule has 0 amide bonds. The van der Waals surface area contributed by atoms with E-state index in [-0.39, 0.29) is 12.8 Å². The molecule has 2 aliphatic rings. The summed E-state index contributed by atoms with van der Waals surface area (Å²) in [4.78, 5) is 0. The zero-order chi connectivity index (χ0) is 9.31. The van der Waals surface area contributed by atoms with Crippen LogP contribution in [0.5, 0.6) is 0 Å².